The summed E-state index contributed by atoms with van der Waals surface area (Å²) < 4.78 is 0. The fourth-order valence-electron chi connectivity index (χ4n) is 7.24. The Balaban J connectivity index is 1.47. The highest BCUT2D eigenvalue weighted by molar-refractivity contribution is 9.08. The van der Waals surface area contributed by atoms with E-state index in [1.54, 1.807) is 6.07 Å². The topological polar surface area (TPSA) is 100 Å². The third-order valence-electron chi connectivity index (χ3n) is 9.66. The van der Waals surface area contributed by atoms with Gasteiger partial charge in [-0.25, -0.2) is 9.97 Å². The van der Waals surface area contributed by atoms with Crippen molar-refractivity contribution in [2.45, 2.75) is 5.33 Å². The lowest BCUT2D eigenvalue weighted by molar-refractivity contribution is -0.385. The van der Waals surface area contributed by atoms with Crippen LogP contribution in [0.4, 0.5) is 5.69 Å². The van der Waals surface area contributed by atoms with Gasteiger partial charge in [-0.15, -0.1) is 0 Å². The first kappa shape index (κ1) is 32.3. The molecule has 0 aliphatic carbocycles. The number of benzene rings is 4. The van der Waals surface area contributed by atoms with Crippen molar-refractivity contribution in [2.24, 2.45) is 0 Å². The number of rotatable bonds is 6. The predicted molar refractivity (Wildman–Crippen MR) is 220 cm³/mol. The molecule has 7 aromatic rings. The molecule has 4 aromatic carbocycles. The number of H-pyrrole nitrogens is 2. The Kier molecular flexibility index (Phi) is 8.21. The minimum absolute atomic E-state index is 0.0450. The van der Waals surface area contributed by atoms with Crippen molar-refractivity contribution in [3.8, 4) is 44.5 Å². The average molecular weight is 753 g/mol. The second-order valence-electron chi connectivity index (χ2n) is 12.8. The largest absolute Gasteiger partial charge is 0.354 e. The molecule has 0 fully saturated rings. The number of hydrogen-bond donors (Lipinski definition) is 2. The van der Waals surface area contributed by atoms with E-state index in [0.717, 1.165) is 78.1 Å². The molecule has 2 aliphatic rings. The van der Waals surface area contributed by atoms with E-state index in [4.69, 9.17) is 9.97 Å². The highest BCUT2D eigenvalue weighted by Crippen LogP contribution is 2.39. The molecule has 0 saturated heterocycles. The van der Waals surface area contributed by atoms with E-state index in [1.165, 1.54) is 0 Å². The molecule has 9 rings (SSSR count). The van der Waals surface area contributed by atoms with Gasteiger partial charge in [0.25, 0.3) is 5.69 Å². The second-order valence-corrected chi connectivity index (χ2v) is 13.4. The summed E-state index contributed by atoms with van der Waals surface area (Å²) in [4.78, 5) is 30.0. The average Bonchev–Trinajstić information content (AvgIpc) is 4.04. The third kappa shape index (κ3) is 5.89. The maximum absolute atomic E-state index is 12.3. The zero-order chi connectivity index (χ0) is 35.9. The van der Waals surface area contributed by atoms with E-state index in [0.29, 0.717) is 22.2 Å². The smallest absolute Gasteiger partial charge is 0.274 e. The molecule has 2 N–H and O–H groups in total. The van der Waals surface area contributed by atoms with Crippen LogP contribution in [0.3, 0.4) is 0 Å². The summed E-state index contributed by atoms with van der Waals surface area (Å²) >= 11 is 3.43. The number of nitro benzene ring substituents is 1. The summed E-state index contributed by atoms with van der Waals surface area (Å²) in [6.07, 6.45) is 8.17. The highest BCUT2D eigenvalue weighted by Gasteiger charge is 2.21. The van der Waals surface area contributed by atoms with E-state index in [-0.39, 0.29) is 10.6 Å². The zero-order valence-electron chi connectivity index (χ0n) is 28.3. The van der Waals surface area contributed by atoms with Crippen molar-refractivity contribution in [2.75, 3.05) is 0 Å². The number of nitrogens with zero attached hydrogens (tertiary/aromatic N) is 3. The minimum Gasteiger partial charge on any atom is -0.354 e. The van der Waals surface area contributed by atoms with E-state index >= 15 is 0 Å². The van der Waals surface area contributed by atoms with Crippen LogP contribution in [-0.2, 0) is 5.33 Å². The third-order valence-corrected chi connectivity index (χ3v) is 10.3. The molecule has 7 nitrogen and oxygen atoms in total. The van der Waals surface area contributed by atoms with Gasteiger partial charge in [-0.05, 0) is 70.8 Å². The maximum Gasteiger partial charge on any atom is 0.274 e. The standard InChI is InChI=1S/C45H30BrN5O2/c46-27-32-17-16-31(26-41(32)51(52)53)45-39-24-22-37(49-39)43(29-12-6-2-7-13-29)35-20-18-33(47-35)42(28-10-4-1-5-11-28)34-19-21-36(48-34)44(30-14-8-3-9-15-30)38-23-25-40(45)50-38/h1-26,47,50H,27H2. The Bertz CT molecular complexity index is 2750. The fraction of sp³-hybridized carbons (Fsp3) is 0.0222. The summed E-state index contributed by atoms with van der Waals surface area (Å²) in [5, 5.41) is 12.6. The lowest BCUT2D eigenvalue weighted by Crippen LogP contribution is -1.95. The van der Waals surface area contributed by atoms with Crippen LogP contribution in [0.2, 0.25) is 0 Å². The van der Waals surface area contributed by atoms with Crippen LogP contribution >= 0.6 is 15.9 Å². The molecule has 0 radical (unpaired) electrons. The van der Waals surface area contributed by atoms with Gasteiger partial charge in [0.15, 0.2) is 0 Å². The molecule has 3 aromatic heterocycles. The number of aromatic amines is 2. The number of fused-ring (bicyclic) bond motifs is 8. The van der Waals surface area contributed by atoms with Crippen LogP contribution in [0.15, 0.2) is 133 Å². The molecule has 0 atom stereocenters. The van der Waals surface area contributed by atoms with Gasteiger partial charge in [0, 0.05) is 61.3 Å². The van der Waals surface area contributed by atoms with Gasteiger partial charge in [0.2, 0.25) is 0 Å². The van der Waals surface area contributed by atoms with Gasteiger partial charge in [-0.2, -0.15) is 0 Å². The monoisotopic (exact) mass is 751 g/mol. The van der Waals surface area contributed by atoms with E-state index in [1.807, 2.05) is 84.9 Å². The summed E-state index contributed by atoms with van der Waals surface area (Å²) in [5.74, 6) is 0. The van der Waals surface area contributed by atoms with E-state index in [2.05, 4.69) is 92.6 Å². The van der Waals surface area contributed by atoms with Gasteiger partial charge in [0.1, 0.15) is 0 Å². The lowest BCUT2D eigenvalue weighted by atomic mass is 10.0. The first-order chi connectivity index (χ1) is 26.1. The van der Waals surface area contributed by atoms with Gasteiger partial charge in [-0.3, -0.25) is 10.1 Å². The number of nitro groups is 1. The van der Waals surface area contributed by atoms with Crippen molar-refractivity contribution >= 4 is 68.0 Å². The van der Waals surface area contributed by atoms with Crippen molar-refractivity contribution in [1.82, 2.24) is 19.9 Å². The molecule has 0 spiro atoms. The number of halogens is 1. The molecule has 8 heteroatoms. The Morgan fingerprint density at radius 3 is 1.19 bits per heavy atom. The van der Waals surface area contributed by atoms with Gasteiger partial charge >= 0.3 is 0 Å². The Hall–Kier alpha value is -6.64. The van der Waals surface area contributed by atoms with E-state index < -0.39 is 0 Å². The molecule has 8 bridgehead atoms. The molecule has 53 heavy (non-hydrogen) atoms. The molecule has 0 unspecified atom stereocenters. The predicted octanol–water partition coefficient (Wildman–Crippen LogP) is 12.1. The minimum atomic E-state index is -0.328. The van der Waals surface area contributed by atoms with Gasteiger partial charge < -0.3 is 9.97 Å². The molecule has 254 valence electrons. The van der Waals surface area contributed by atoms with Crippen LogP contribution in [0.5, 0.6) is 0 Å². The van der Waals surface area contributed by atoms with Crippen LogP contribution in [0.25, 0.3) is 90.9 Å². The number of nitrogens with one attached hydrogen (secondary N) is 2. The Morgan fingerprint density at radius 2 is 0.849 bits per heavy atom. The first-order valence-electron chi connectivity index (χ1n) is 17.2. The quantitative estimate of drug-likeness (QED) is 0.100. The molecule has 0 amide bonds. The Labute approximate surface area is 313 Å². The summed E-state index contributed by atoms with van der Waals surface area (Å²) in [6, 6.07) is 44.4. The fourth-order valence-corrected chi connectivity index (χ4v) is 7.71. The SMILES string of the molecule is O=[N+]([O-])c1cc(-c2c3nc(c(-c4ccccc4)c4ccc([nH]4)c(-c4ccccc4)c4nc(c(-c5ccccc5)c5ccc2[nH]5)C=C4)C=C3)ccc1CBr. The number of aromatic nitrogens is 4. The summed E-state index contributed by atoms with van der Waals surface area (Å²) in [6.45, 7) is 0. The summed E-state index contributed by atoms with van der Waals surface area (Å²) in [5.41, 5.74) is 14.6. The summed E-state index contributed by atoms with van der Waals surface area (Å²) in [7, 11) is 0. The Morgan fingerprint density at radius 1 is 0.491 bits per heavy atom. The van der Waals surface area contributed by atoms with Crippen molar-refractivity contribution in [3.63, 3.8) is 0 Å². The van der Waals surface area contributed by atoms with Crippen LogP contribution in [0, 0.1) is 10.1 Å². The maximum atomic E-state index is 12.3. The molecular formula is C45H30BrN5O2. The molecular weight excluding hydrogens is 722 g/mol. The van der Waals surface area contributed by atoms with Crippen LogP contribution in [0.1, 0.15) is 28.3 Å². The van der Waals surface area contributed by atoms with Crippen LogP contribution < -0.4 is 0 Å². The van der Waals surface area contributed by atoms with Crippen molar-refractivity contribution < 1.29 is 4.92 Å². The highest BCUT2D eigenvalue weighted by atomic mass is 79.9. The molecule has 0 saturated carbocycles. The zero-order valence-corrected chi connectivity index (χ0v) is 29.8. The molecule has 2 aliphatic heterocycles. The van der Waals surface area contributed by atoms with Gasteiger partial charge in [-0.1, -0.05) is 119 Å². The van der Waals surface area contributed by atoms with Crippen molar-refractivity contribution in [1.29, 1.82) is 0 Å². The van der Waals surface area contributed by atoms with Crippen molar-refractivity contribution in [3.05, 3.63) is 172 Å². The molecule has 5 heterocycles. The van der Waals surface area contributed by atoms with E-state index in [9.17, 15) is 10.1 Å². The van der Waals surface area contributed by atoms with Gasteiger partial charge in [0.05, 0.1) is 27.7 Å². The normalized spacial score (nSPS) is 11.9. The lowest BCUT2D eigenvalue weighted by Gasteiger charge is -2.08. The number of alkyl halides is 1. The van der Waals surface area contributed by atoms with Crippen LogP contribution in [-0.4, -0.2) is 24.9 Å². The second kappa shape index (κ2) is 13.5. The number of hydrogen-bond acceptors (Lipinski definition) is 4. The first-order valence-corrected chi connectivity index (χ1v) is 18.3.